The number of H-pyrrole nitrogens is 1. The highest BCUT2D eigenvalue weighted by molar-refractivity contribution is 5.85. The molecule has 0 aliphatic rings. The van der Waals surface area contributed by atoms with Gasteiger partial charge in [0, 0.05) is 5.69 Å². The summed E-state index contributed by atoms with van der Waals surface area (Å²) in [5.74, 6) is -1.06. The van der Waals surface area contributed by atoms with Crippen LogP contribution in [0.25, 0.3) is 5.95 Å². The summed E-state index contributed by atoms with van der Waals surface area (Å²) >= 11 is 0. The molecule has 0 amide bonds. The minimum absolute atomic E-state index is 0.0885. The minimum Gasteiger partial charge on any atom is -0.476 e. The second-order valence-electron chi connectivity index (χ2n) is 3.45. The van der Waals surface area contributed by atoms with Gasteiger partial charge in [-0.3, -0.25) is 9.78 Å². The van der Waals surface area contributed by atoms with Gasteiger partial charge in [0.05, 0.1) is 0 Å². The first-order valence-electron chi connectivity index (χ1n) is 4.73. The van der Waals surface area contributed by atoms with E-state index in [9.17, 15) is 9.59 Å². The average molecular weight is 235 g/mol. The van der Waals surface area contributed by atoms with E-state index in [-0.39, 0.29) is 22.9 Å². The van der Waals surface area contributed by atoms with Crippen LogP contribution in [0, 0.1) is 13.8 Å². The maximum Gasteiger partial charge on any atom is 0.356 e. The van der Waals surface area contributed by atoms with E-state index in [1.807, 2.05) is 0 Å². The highest BCUT2D eigenvalue weighted by atomic mass is 16.4. The number of hydrogen-bond acceptors (Lipinski definition) is 5. The van der Waals surface area contributed by atoms with Crippen LogP contribution < -0.4 is 5.56 Å². The van der Waals surface area contributed by atoms with Crippen LogP contribution in [0.3, 0.4) is 0 Å². The third kappa shape index (κ3) is 1.92. The number of aromatic carboxylic acids is 1. The Labute approximate surface area is 94.9 Å². The number of carboxylic acid groups (broad SMARTS) is 1. The maximum atomic E-state index is 11.3. The molecule has 88 valence electrons. The van der Waals surface area contributed by atoms with Crippen molar-refractivity contribution in [3.63, 3.8) is 0 Å². The molecule has 0 aliphatic carbocycles. The maximum absolute atomic E-state index is 11.3. The number of carbonyl (C=O) groups is 1. The zero-order chi connectivity index (χ0) is 12.6. The number of hydrogen-bond donors (Lipinski definition) is 2. The van der Waals surface area contributed by atoms with Crippen molar-refractivity contribution in [1.82, 2.24) is 25.0 Å². The number of aromatic nitrogens is 5. The van der Waals surface area contributed by atoms with Gasteiger partial charge in [-0.05, 0) is 19.9 Å². The van der Waals surface area contributed by atoms with Crippen LogP contribution in [0.4, 0.5) is 0 Å². The number of nitrogens with zero attached hydrogens (tertiary/aromatic N) is 4. The first kappa shape index (κ1) is 11.0. The normalized spacial score (nSPS) is 10.5. The first-order chi connectivity index (χ1) is 7.99. The molecule has 2 aromatic heterocycles. The summed E-state index contributed by atoms with van der Waals surface area (Å²) in [7, 11) is 0. The van der Waals surface area contributed by atoms with Gasteiger partial charge < -0.3 is 5.11 Å². The number of nitrogens with one attached hydrogen (secondary N) is 1. The van der Waals surface area contributed by atoms with Crippen molar-refractivity contribution in [2.24, 2.45) is 0 Å². The largest absolute Gasteiger partial charge is 0.476 e. The van der Waals surface area contributed by atoms with Crippen molar-refractivity contribution in [2.45, 2.75) is 13.8 Å². The fourth-order valence-corrected chi connectivity index (χ4v) is 1.27. The van der Waals surface area contributed by atoms with Crippen LogP contribution in [0.1, 0.15) is 21.9 Å². The van der Waals surface area contributed by atoms with Gasteiger partial charge in [-0.2, -0.15) is 5.10 Å². The van der Waals surface area contributed by atoms with Crippen molar-refractivity contribution < 1.29 is 9.90 Å². The molecule has 0 atom stereocenters. The Balaban J connectivity index is 2.56. The molecular formula is C9H9N5O3. The van der Waals surface area contributed by atoms with Gasteiger partial charge in [0.15, 0.2) is 5.69 Å². The Kier molecular flexibility index (Phi) is 2.47. The van der Waals surface area contributed by atoms with Gasteiger partial charge >= 0.3 is 5.97 Å². The smallest absolute Gasteiger partial charge is 0.356 e. The Morgan fingerprint density at radius 3 is 2.65 bits per heavy atom. The van der Waals surface area contributed by atoms with E-state index in [0.717, 1.165) is 0 Å². The SMILES string of the molecule is Cc1nnc(-n2nc(C(=O)O)cc2C)[nH]c1=O. The summed E-state index contributed by atoms with van der Waals surface area (Å²) in [4.78, 5) is 24.5. The van der Waals surface area contributed by atoms with E-state index < -0.39 is 5.97 Å². The molecule has 0 bridgehead atoms. The molecule has 0 saturated heterocycles. The molecule has 2 aromatic rings. The molecule has 0 spiro atoms. The second kappa shape index (κ2) is 3.81. The van der Waals surface area contributed by atoms with Gasteiger partial charge in [-0.1, -0.05) is 0 Å². The van der Waals surface area contributed by atoms with Crippen LogP contribution in [0.2, 0.25) is 0 Å². The van der Waals surface area contributed by atoms with E-state index in [0.29, 0.717) is 5.69 Å². The van der Waals surface area contributed by atoms with Gasteiger partial charge in [0.1, 0.15) is 5.69 Å². The zero-order valence-electron chi connectivity index (χ0n) is 9.13. The second-order valence-corrected chi connectivity index (χ2v) is 3.45. The number of aryl methyl sites for hydroxylation is 2. The highest BCUT2D eigenvalue weighted by Crippen LogP contribution is 2.06. The summed E-state index contributed by atoms with van der Waals surface area (Å²) in [6.07, 6.45) is 0. The van der Waals surface area contributed by atoms with E-state index in [2.05, 4.69) is 20.3 Å². The van der Waals surface area contributed by atoms with Crippen molar-refractivity contribution in [2.75, 3.05) is 0 Å². The topological polar surface area (TPSA) is 114 Å². The molecule has 0 saturated carbocycles. The Morgan fingerprint density at radius 2 is 2.12 bits per heavy atom. The van der Waals surface area contributed by atoms with E-state index in [1.165, 1.54) is 17.7 Å². The minimum atomic E-state index is -1.14. The molecule has 2 rings (SSSR count). The fraction of sp³-hybridized carbons (Fsp3) is 0.222. The molecular weight excluding hydrogens is 226 g/mol. The van der Waals surface area contributed by atoms with Crippen molar-refractivity contribution in [3.8, 4) is 5.95 Å². The van der Waals surface area contributed by atoms with E-state index in [4.69, 9.17) is 5.11 Å². The Hall–Kier alpha value is -2.51. The molecule has 0 fully saturated rings. The third-order valence-corrected chi connectivity index (χ3v) is 2.16. The molecule has 2 N–H and O–H groups in total. The van der Waals surface area contributed by atoms with Crippen molar-refractivity contribution in [1.29, 1.82) is 0 Å². The van der Waals surface area contributed by atoms with Crippen LogP contribution in [0.15, 0.2) is 10.9 Å². The van der Waals surface area contributed by atoms with Crippen LogP contribution >= 0.6 is 0 Å². The first-order valence-corrected chi connectivity index (χ1v) is 4.73. The van der Waals surface area contributed by atoms with Crippen molar-refractivity contribution in [3.05, 3.63) is 33.5 Å². The lowest BCUT2D eigenvalue weighted by atomic mass is 10.4. The molecule has 17 heavy (non-hydrogen) atoms. The van der Waals surface area contributed by atoms with Crippen molar-refractivity contribution >= 4 is 5.97 Å². The predicted molar refractivity (Wildman–Crippen MR) is 56.2 cm³/mol. The summed E-state index contributed by atoms with van der Waals surface area (Å²) in [5.41, 5.74) is 0.265. The Bertz CT molecular complexity index is 642. The van der Waals surface area contributed by atoms with Gasteiger partial charge in [-0.25, -0.2) is 9.48 Å². The molecule has 8 heteroatoms. The summed E-state index contributed by atoms with van der Waals surface area (Å²) in [5, 5.41) is 20.0. The average Bonchev–Trinajstić information content (AvgIpc) is 2.65. The lowest BCUT2D eigenvalue weighted by Gasteiger charge is -2.01. The molecule has 2 heterocycles. The fourth-order valence-electron chi connectivity index (χ4n) is 1.27. The van der Waals surface area contributed by atoms with Crippen LogP contribution in [-0.4, -0.2) is 36.0 Å². The van der Waals surface area contributed by atoms with Crippen LogP contribution in [0.5, 0.6) is 0 Å². The lowest BCUT2D eigenvalue weighted by Crippen LogP contribution is -2.18. The molecule has 0 unspecified atom stereocenters. The van der Waals surface area contributed by atoms with Gasteiger partial charge in [0.2, 0.25) is 0 Å². The molecule has 0 aliphatic heterocycles. The molecule has 8 nitrogen and oxygen atoms in total. The number of aromatic amines is 1. The molecule has 0 radical (unpaired) electrons. The lowest BCUT2D eigenvalue weighted by molar-refractivity contribution is 0.0690. The summed E-state index contributed by atoms with van der Waals surface area (Å²) < 4.78 is 1.22. The van der Waals surface area contributed by atoms with Gasteiger partial charge in [0.25, 0.3) is 11.5 Å². The third-order valence-electron chi connectivity index (χ3n) is 2.16. The summed E-state index contributed by atoms with van der Waals surface area (Å²) in [6.45, 7) is 3.17. The predicted octanol–water partition coefficient (Wildman–Crippen LogP) is -0.334. The quantitative estimate of drug-likeness (QED) is 0.736. The van der Waals surface area contributed by atoms with Gasteiger partial charge in [-0.15, -0.1) is 10.2 Å². The van der Waals surface area contributed by atoms with Crippen LogP contribution in [-0.2, 0) is 0 Å². The van der Waals surface area contributed by atoms with E-state index >= 15 is 0 Å². The van der Waals surface area contributed by atoms with E-state index in [1.54, 1.807) is 6.92 Å². The zero-order valence-corrected chi connectivity index (χ0v) is 9.13. The highest BCUT2D eigenvalue weighted by Gasteiger charge is 2.13. The monoisotopic (exact) mass is 235 g/mol. The Morgan fingerprint density at radius 1 is 1.41 bits per heavy atom. The number of rotatable bonds is 2. The number of carboxylic acids is 1. The molecule has 0 aromatic carbocycles. The standard InChI is InChI=1S/C9H9N5O3/c1-4-3-6(8(16)17)13-14(4)9-10-7(15)5(2)11-12-9/h3H,1-2H3,(H,16,17)(H,10,12,15). The summed E-state index contributed by atoms with van der Waals surface area (Å²) in [6, 6.07) is 1.38.